The van der Waals surface area contributed by atoms with E-state index in [1.54, 1.807) is 13.8 Å². The first kappa shape index (κ1) is 22.1. The molecule has 0 unspecified atom stereocenters. The van der Waals surface area contributed by atoms with Gasteiger partial charge in [0, 0.05) is 51.4 Å². The number of anilines is 1. The smallest absolute Gasteiger partial charge is 0.282 e. The molecule has 1 N–H and O–H groups in total. The first-order chi connectivity index (χ1) is 13.6. The number of halogens is 1. The van der Waals surface area contributed by atoms with Gasteiger partial charge in [-0.25, -0.2) is 12.8 Å². The zero-order valence-corrected chi connectivity index (χ0v) is 18.0. The van der Waals surface area contributed by atoms with Crippen LogP contribution >= 0.6 is 0 Å². The van der Waals surface area contributed by atoms with Gasteiger partial charge in [-0.3, -0.25) is 4.79 Å². The molecule has 1 aromatic carbocycles. The van der Waals surface area contributed by atoms with Crippen LogP contribution in [0, 0.1) is 5.82 Å². The van der Waals surface area contributed by atoms with Crippen molar-refractivity contribution in [3.8, 4) is 0 Å². The number of rotatable bonds is 6. The van der Waals surface area contributed by atoms with Crippen molar-refractivity contribution in [1.29, 1.82) is 0 Å². The number of piperazine rings is 1. The molecule has 0 atom stereocenters. The maximum Gasteiger partial charge on any atom is 0.282 e. The molecule has 9 nitrogen and oxygen atoms in total. The number of amides is 1. The molecular formula is C17H25FN4O5S2. The minimum atomic E-state index is -4.13. The van der Waals surface area contributed by atoms with Crippen molar-refractivity contribution in [3.05, 3.63) is 23.5 Å². The Hall–Kier alpha value is -1.60. The topological polar surface area (TPSA) is 107 Å². The molecule has 0 bridgehead atoms. The molecule has 2 aliphatic heterocycles. The Kier molecular flexibility index (Phi) is 6.30. The van der Waals surface area contributed by atoms with E-state index in [1.807, 2.05) is 0 Å². The number of nitrogens with one attached hydrogen (secondary N) is 1. The fourth-order valence-corrected chi connectivity index (χ4v) is 6.69. The molecular weight excluding hydrogens is 423 g/mol. The van der Waals surface area contributed by atoms with Crippen LogP contribution in [0.5, 0.6) is 0 Å². The molecule has 2 aliphatic rings. The van der Waals surface area contributed by atoms with E-state index in [0.717, 1.165) is 10.4 Å². The standard InChI is InChI=1S/C17H25FN4O5S2/c1-3-20(4-2)29(26,27)22-9-7-21(8-10-22)28(24,25)16-11-13-5-6-17(23)19-15(13)12-14(16)18/h11-12H,3-10H2,1-2H3,(H,19,23). The van der Waals surface area contributed by atoms with Crippen molar-refractivity contribution in [3.63, 3.8) is 0 Å². The van der Waals surface area contributed by atoms with E-state index in [9.17, 15) is 26.0 Å². The highest BCUT2D eigenvalue weighted by atomic mass is 32.2. The van der Waals surface area contributed by atoms with Crippen LogP contribution < -0.4 is 5.32 Å². The fourth-order valence-electron chi connectivity index (χ4n) is 3.57. The summed E-state index contributed by atoms with van der Waals surface area (Å²) < 4.78 is 69.4. The molecule has 0 radical (unpaired) electrons. The largest absolute Gasteiger partial charge is 0.326 e. The van der Waals surface area contributed by atoms with E-state index in [0.29, 0.717) is 25.1 Å². The maximum absolute atomic E-state index is 14.5. The molecule has 0 aromatic heterocycles. The van der Waals surface area contributed by atoms with Gasteiger partial charge in [0.05, 0.1) is 0 Å². The van der Waals surface area contributed by atoms with Gasteiger partial charge in [-0.05, 0) is 24.1 Å². The maximum atomic E-state index is 14.5. The zero-order valence-electron chi connectivity index (χ0n) is 16.4. The number of aryl methyl sites for hydroxylation is 1. The third-order valence-electron chi connectivity index (χ3n) is 5.23. The lowest BCUT2D eigenvalue weighted by atomic mass is 10.0. The van der Waals surface area contributed by atoms with Gasteiger partial charge in [-0.15, -0.1) is 0 Å². The highest BCUT2D eigenvalue weighted by molar-refractivity contribution is 7.89. The van der Waals surface area contributed by atoms with Crippen LogP contribution in [0.1, 0.15) is 25.8 Å². The van der Waals surface area contributed by atoms with E-state index >= 15 is 0 Å². The molecule has 1 fully saturated rings. The first-order valence-corrected chi connectivity index (χ1v) is 12.3. The highest BCUT2D eigenvalue weighted by Crippen LogP contribution is 2.30. The quantitative estimate of drug-likeness (QED) is 0.686. The Morgan fingerprint density at radius 3 is 2.17 bits per heavy atom. The van der Waals surface area contributed by atoms with Crippen molar-refractivity contribution < 1.29 is 26.0 Å². The van der Waals surface area contributed by atoms with Crippen LogP contribution in [-0.2, 0) is 31.4 Å². The Morgan fingerprint density at radius 2 is 1.59 bits per heavy atom. The van der Waals surface area contributed by atoms with Gasteiger partial charge in [0.1, 0.15) is 10.7 Å². The highest BCUT2D eigenvalue weighted by Gasteiger charge is 2.36. The lowest BCUT2D eigenvalue weighted by molar-refractivity contribution is -0.116. The summed E-state index contributed by atoms with van der Waals surface area (Å²) in [5, 5.41) is 2.54. The van der Waals surface area contributed by atoms with E-state index < -0.39 is 30.9 Å². The average Bonchev–Trinajstić information content (AvgIpc) is 2.68. The monoisotopic (exact) mass is 448 g/mol. The van der Waals surface area contributed by atoms with E-state index in [1.165, 1.54) is 14.7 Å². The number of carbonyl (C=O) groups is 1. The second kappa shape index (κ2) is 8.26. The molecule has 1 amide bonds. The van der Waals surface area contributed by atoms with Crippen molar-refractivity contribution in [2.45, 2.75) is 31.6 Å². The van der Waals surface area contributed by atoms with Gasteiger partial charge >= 0.3 is 0 Å². The van der Waals surface area contributed by atoms with Gasteiger partial charge in [-0.2, -0.15) is 21.3 Å². The third-order valence-corrected chi connectivity index (χ3v) is 9.33. The molecule has 162 valence electrons. The number of fused-ring (bicyclic) bond motifs is 1. The lowest BCUT2D eigenvalue weighted by Gasteiger charge is -2.35. The number of hydrogen-bond acceptors (Lipinski definition) is 5. The minimum Gasteiger partial charge on any atom is -0.326 e. The average molecular weight is 449 g/mol. The van der Waals surface area contributed by atoms with E-state index in [-0.39, 0.29) is 44.2 Å². The fraction of sp³-hybridized carbons (Fsp3) is 0.588. The molecule has 2 heterocycles. The van der Waals surface area contributed by atoms with Crippen molar-refractivity contribution in [1.82, 2.24) is 12.9 Å². The predicted molar refractivity (Wildman–Crippen MR) is 106 cm³/mol. The lowest BCUT2D eigenvalue weighted by Crippen LogP contribution is -2.54. The Morgan fingerprint density at radius 1 is 1.00 bits per heavy atom. The summed E-state index contributed by atoms with van der Waals surface area (Å²) in [4.78, 5) is 11.0. The predicted octanol–water partition coefficient (Wildman–Crippen LogP) is 0.603. The second-order valence-corrected chi connectivity index (χ2v) is 10.7. The molecule has 0 aliphatic carbocycles. The Balaban J connectivity index is 1.80. The summed E-state index contributed by atoms with van der Waals surface area (Å²) in [5.41, 5.74) is 0.847. The number of carbonyl (C=O) groups excluding carboxylic acids is 1. The minimum absolute atomic E-state index is 0.000675. The summed E-state index contributed by atoms with van der Waals surface area (Å²) in [6, 6.07) is 2.29. The summed E-state index contributed by atoms with van der Waals surface area (Å²) >= 11 is 0. The van der Waals surface area contributed by atoms with Gasteiger partial charge in [0.15, 0.2) is 0 Å². The molecule has 3 rings (SSSR count). The summed E-state index contributed by atoms with van der Waals surface area (Å²) in [7, 11) is -7.78. The second-order valence-electron chi connectivity index (χ2n) is 6.88. The van der Waals surface area contributed by atoms with Crippen molar-refractivity contribution in [2.24, 2.45) is 0 Å². The van der Waals surface area contributed by atoms with Crippen molar-refractivity contribution >= 4 is 31.8 Å². The van der Waals surface area contributed by atoms with Crippen LogP contribution in [0.2, 0.25) is 0 Å². The Labute approximate surface area is 170 Å². The van der Waals surface area contributed by atoms with Crippen LogP contribution in [0.25, 0.3) is 0 Å². The SMILES string of the molecule is CCN(CC)S(=O)(=O)N1CCN(S(=O)(=O)c2cc3c(cc2F)NC(=O)CC3)CC1. The molecule has 12 heteroatoms. The normalized spacial score (nSPS) is 19.2. The van der Waals surface area contributed by atoms with Crippen LogP contribution in [0.15, 0.2) is 17.0 Å². The van der Waals surface area contributed by atoms with Crippen LogP contribution in [-0.4, -0.2) is 74.9 Å². The van der Waals surface area contributed by atoms with Gasteiger partial charge in [-0.1, -0.05) is 13.8 Å². The van der Waals surface area contributed by atoms with E-state index in [4.69, 9.17) is 0 Å². The zero-order chi connectivity index (χ0) is 21.4. The van der Waals surface area contributed by atoms with Crippen LogP contribution in [0.4, 0.5) is 10.1 Å². The number of nitrogens with zero attached hydrogens (tertiary/aromatic N) is 3. The number of hydrogen-bond donors (Lipinski definition) is 1. The van der Waals surface area contributed by atoms with E-state index in [2.05, 4.69) is 5.32 Å². The Bertz CT molecular complexity index is 1000. The summed E-state index contributed by atoms with van der Waals surface area (Å²) in [5.74, 6) is -1.18. The number of sulfonamides is 1. The molecule has 1 saturated heterocycles. The van der Waals surface area contributed by atoms with Crippen LogP contribution in [0.3, 0.4) is 0 Å². The summed E-state index contributed by atoms with van der Waals surface area (Å²) in [6.07, 6.45) is 0.542. The van der Waals surface area contributed by atoms with Gasteiger partial charge in [0.2, 0.25) is 15.9 Å². The molecule has 0 saturated carbocycles. The van der Waals surface area contributed by atoms with Gasteiger partial charge in [0.25, 0.3) is 10.2 Å². The number of benzene rings is 1. The first-order valence-electron chi connectivity index (χ1n) is 9.49. The van der Waals surface area contributed by atoms with Crippen molar-refractivity contribution in [2.75, 3.05) is 44.6 Å². The molecule has 29 heavy (non-hydrogen) atoms. The molecule has 1 aromatic rings. The third kappa shape index (κ3) is 4.17. The van der Waals surface area contributed by atoms with Gasteiger partial charge < -0.3 is 5.32 Å². The summed E-state index contributed by atoms with van der Waals surface area (Å²) in [6.45, 7) is 4.02. The molecule has 0 spiro atoms.